The summed E-state index contributed by atoms with van der Waals surface area (Å²) >= 11 is 0. The van der Waals surface area contributed by atoms with Crippen LogP contribution in [0.25, 0.3) is 22.2 Å². The molecule has 0 saturated carbocycles. The van der Waals surface area contributed by atoms with Gasteiger partial charge in [-0.25, -0.2) is 4.98 Å². The number of amides is 1. The lowest BCUT2D eigenvalue weighted by molar-refractivity contribution is 0.0953. The highest BCUT2D eigenvalue weighted by molar-refractivity contribution is 5.99. The van der Waals surface area contributed by atoms with Crippen LogP contribution in [0.2, 0.25) is 0 Å². The molecule has 0 unspecified atom stereocenters. The third-order valence-electron chi connectivity index (χ3n) is 4.42. The number of hydrogen-bond acceptors (Lipinski definition) is 3. The van der Waals surface area contributed by atoms with Gasteiger partial charge >= 0.3 is 0 Å². The van der Waals surface area contributed by atoms with Gasteiger partial charge in [-0.05, 0) is 31.5 Å². The van der Waals surface area contributed by atoms with E-state index in [0.717, 1.165) is 35.0 Å². The number of methoxy groups -OCH3 is 1. The van der Waals surface area contributed by atoms with Crippen LogP contribution in [0.15, 0.2) is 48.5 Å². The lowest BCUT2D eigenvalue weighted by Crippen LogP contribution is -2.24. The molecule has 0 aliphatic rings. The molecular weight excluding hydrogens is 324 g/mol. The number of aromatic nitrogens is 1. The van der Waals surface area contributed by atoms with Gasteiger partial charge in [0.1, 0.15) is 5.75 Å². The van der Waals surface area contributed by atoms with Gasteiger partial charge in [0.15, 0.2) is 0 Å². The molecule has 2 aromatic carbocycles. The second-order valence-corrected chi connectivity index (χ2v) is 6.42. The number of benzene rings is 2. The first-order valence-corrected chi connectivity index (χ1v) is 8.96. The van der Waals surface area contributed by atoms with E-state index in [1.165, 1.54) is 5.56 Å². The Morgan fingerprint density at radius 1 is 1.12 bits per heavy atom. The molecule has 1 aromatic heterocycles. The average Bonchev–Trinajstić information content (AvgIpc) is 2.67. The molecule has 0 aliphatic carbocycles. The maximum absolute atomic E-state index is 12.3. The van der Waals surface area contributed by atoms with Gasteiger partial charge in [-0.15, -0.1) is 0 Å². The maximum atomic E-state index is 12.3. The van der Waals surface area contributed by atoms with E-state index >= 15 is 0 Å². The maximum Gasteiger partial charge on any atom is 0.251 e. The molecule has 134 valence electrons. The Hall–Kier alpha value is -2.88. The molecule has 3 aromatic rings. The summed E-state index contributed by atoms with van der Waals surface area (Å²) in [4.78, 5) is 17.1. The second-order valence-electron chi connectivity index (χ2n) is 6.42. The highest BCUT2D eigenvalue weighted by atomic mass is 16.5. The van der Waals surface area contributed by atoms with Gasteiger partial charge in [0, 0.05) is 29.1 Å². The highest BCUT2D eigenvalue weighted by Gasteiger charge is 2.12. The molecule has 0 radical (unpaired) electrons. The summed E-state index contributed by atoms with van der Waals surface area (Å²) in [5.74, 6) is 0.652. The molecule has 4 nitrogen and oxygen atoms in total. The van der Waals surface area contributed by atoms with Crippen molar-refractivity contribution in [2.45, 2.75) is 26.7 Å². The van der Waals surface area contributed by atoms with Crippen LogP contribution < -0.4 is 10.1 Å². The molecule has 26 heavy (non-hydrogen) atoms. The predicted octanol–water partition coefficient (Wildman–Crippen LogP) is 4.75. The molecule has 1 N–H and O–H groups in total. The summed E-state index contributed by atoms with van der Waals surface area (Å²) in [6.45, 7) is 4.85. The number of carbonyl (C=O) groups excluding carboxylic acids is 1. The van der Waals surface area contributed by atoms with Crippen LogP contribution >= 0.6 is 0 Å². The summed E-state index contributed by atoms with van der Waals surface area (Å²) in [5.41, 5.74) is 4.54. The fourth-order valence-corrected chi connectivity index (χ4v) is 2.86. The van der Waals surface area contributed by atoms with Crippen LogP contribution in [0, 0.1) is 6.92 Å². The molecule has 3 rings (SSSR count). The minimum Gasteiger partial charge on any atom is -0.496 e. The van der Waals surface area contributed by atoms with Crippen molar-refractivity contribution < 1.29 is 9.53 Å². The number of unbranched alkanes of at least 4 members (excludes halogenated alkanes) is 1. The van der Waals surface area contributed by atoms with E-state index < -0.39 is 0 Å². The van der Waals surface area contributed by atoms with Gasteiger partial charge < -0.3 is 10.1 Å². The van der Waals surface area contributed by atoms with Crippen molar-refractivity contribution in [3.63, 3.8) is 0 Å². The minimum absolute atomic E-state index is 0.0648. The number of hydrogen-bond donors (Lipinski definition) is 1. The van der Waals surface area contributed by atoms with Crippen LogP contribution in [0.4, 0.5) is 0 Å². The zero-order valence-electron chi connectivity index (χ0n) is 15.5. The quantitative estimate of drug-likeness (QED) is 0.654. The van der Waals surface area contributed by atoms with Gasteiger partial charge in [0.25, 0.3) is 5.91 Å². The summed E-state index contributed by atoms with van der Waals surface area (Å²) in [6, 6.07) is 15.7. The largest absolute Gasteiger partial charge is 0.496 e. The van der Waals surface area contributed by atoms with E-state index in [-0.39, 0.29) is 5.91 Å². The van der Waals surface area contributed by atoms with E-state index in [1.807, 2.05) is 24.3 Å². The third kappa shape index (κ3) is 3.85. The Morgan fingerprint density at radius 3 is 2.58 bits per heavy atom. The van der Waals surface area contributed by atoms with Crippen LogP contribution in [0.1, 0.15) is 35.7 Å². The van der Waals surface area contributed by atoms with Crippen molar-refractivity contribution in [1.82, 2.24) is 10.3 Å². The average molecular weight is 348 g/mol. The normalized spacial score (nSPS) is 10.7. The molecule has 0 aliphatic heterocycles. The van der Waals surface area contributed by atoms with Gasteiger partial charge in [0.05, 0.1) is 18.3 Å². The fraction of sp³-hybridized carbons (Fsp3) is 0.273. The van der Waals surface area contributed by atoms with Crippen LogP contribution in [-0.2, 0) is 0 Å². The van der Waals surface area contributed by atoms with Crippen molar-refractivity contribution in [3.05, 3.63) is 59.7 Å². The SMILES string of the molecule is CCCCNC(=O)c1ccc2nc(-c3ccc(C)cc3)cc(OC)c2c1. The topological polar surface area (TPSA) is 51.2 Å². The number of nitrogens with zero attached hydrogens (tertiary/aromatic N) is 1. The summed E-state index contributed by atoms with van der Waals surface area (Å²) in [5, 5.41) is 3.78. The van der Waals surface area contributed by atoms with Crippen LogP contribution in [-0.4, -0.2) is 24.5 Å². The Bertz CT molecular complexity index is 917. The number of fused-ring (bicyclic) bond motifs is 1. The van der Waals surface area contributed by atoms with Crippen LogP contribution in [0.5, 0.6) is 5.75 Å². The predicted molar refractivity (Wildman–Crippen MR) is 106 cm³/mol. The number of aryl methyl sites for hydroxylation is 1. The number of carbonyl (C=O) groups is 1. The zero-order chi connectivity index (χ0) is 18.5. The first kappa shape index (κ1) is 17.9. The van der Waals surface area contributed by atoms with Crippen molar-refractivity contribution in [3.8, 4) is 17.0 Å². The number of nitrogens with one attached hydrogen (secondary N) is 1. The Balaban J connectivity index is 1.98. The standard InChI is InChI=1S/C22H24N2O2/c1-4-5-12-23-22(25)17-10-11-19-18(13-17)21(26-3)14-20(24-19)16-8-6-15(2)7-9-16/h6-11,13-14H,4-5,12H2,1-3H3,(H,23,25). The van der Waals surface area contributed by atoms with Crippen molar-refractivity contribution in [2.24, 2.45) is 0 Å². The highest BCUT2D eigenvalue weighted by Crippen LogP contribution is 2.30. The van der Waals surface area contributed by atoms with Gasteiger partial charge in [-0.1, -0.05) is 43.2 Å². The van der Waals surface area contributed by atoms with E-state index in [4.69, 9.17) is 9.72 Å². The molecule has 0 spiro atoms. The first-order chi connectivity index (χ1) is 12.6. The monoisotopic (exact) mass is 348 g/mol. The van der Waals surface area contributed by atoms with Crippen molar-refractivity contribution in [1.29, 1.82) is 0 Å². The zero-order valence-corrected chi connectivity index (χ0v) is 15.5. The molecule has 0 bridgehead atoms. The number of pyridine rings is 1. The number of rotatable bonds is 6. The van der Waals surface area contributed by atoms with Gasteiger partial charge in [-0.3, -0.25) is 4.79 Å². The lowest BCUT2D eigenvalue weighted by Gasteiger charge is -2.11. The van der Waals surface area contributed by atoms with Gasteiger partial charge in [0.2, 0.25) is 0 Å². The van der Waals surface area contributed by atoms with E-state index in [0.29, 0.717) is 17.9 Å². The van der Waals surface area contributed by atoms with Gasteiger partial charge in [-0.2, -0.15) is 0 Å². The molecular formula is C22H24N2O2. The molecule has 4 heteroatoms. The summed E-state index contributed by atoms with van der Waals surface area (Å²) in [6.07, 6.45) is 2.03. The molecule has 1 amide bonds. The van der Waals surface area contributed by atoms with E-state index in [1.54, 1.807) is 7.11 Å². The fourth-order valence-electron chi connectivity index (χ4n) is 2.86. The van der Waals surface area contributed by atoms with E-state index in [9.17, 15) is 4.79 Å². The second kappa shape index (κ2) is 8.00. The molecule has 0 saturated heterocycles. The number of ether oxygens (including phenoxy) is 1. The summed E-state index contributed by atoms with van der Waals surface area (Å²) in [7, 11) is 1.64. The smallest absolute Gasteiger partial charge is 0.251 e. The van der Waals surface area contributed by atoms with E-state index in [2.05, 4.69) is 43.4 Å². The van der Waals surface area contributed by atoms with Crippen molar-refractivity contribution in [2.75, 3.05) is 13.7 Å². The molecule has 0 fully saturated rings. The minimum atomic E-state index is -0.0648. The summed E-state index contributed by atoms with van der Waals surface area (Å²) < 4.78 is 5.57. The third-order valence-corrected chi connectivity index (χ3v) is 4.42. The Kier molecular flexibility index (Phi) is 5.52. The Labute approximate surface area is 154 Å². The van der Waals surface area contributed by atoms with Crippen molar-refractivity contribution >= 4 is 16.8 Å². The lowest BCUT2D eigenvalue weighted by atomic mass is 10.1. The first-order valence-electron chi connectivity index (χ1n) is 8.96. The van der Waals surface area contributed by atoms with Crippen LogP contribution in [0.3, 0.4) is 0 Å². The Morgan fingerprint density at radius 2 is 1.88 bits per heavy atom. The molecule has 1 heterocycles. The molecule has 0 atom stereocenters.